The zero-order chi connectivity index (χ0) is 4.50. The Morgan fingerprint density at radius 3 is 1.11 bits per heavy atom. The van der Waals surface area contributed by atoms with Crippen LogP contribution in [-0.4, -0.2) is 40.4 Å². The minimum Gasteiger partial charge on any atom is -1.00 e. The van der Waals surface area contributed by atoms with Gasteiger partial charge < -0.3 is 23.9 Å². The van der Waals surface area contributed by atoms with Crippen molar-refractivity contribution >= 4 is 48.2 Å². The molecule has 0 atom stereocenters. The molecule has 0 saturated heterocycles. The number of phosphoric acid groups is 1. The van der Waals surface area contributed by atoms with Crippen molar-refractivity contribution < 1.29 is 43.4 Å². The molecule has 0 unspecified atom stereocenters. The molecule has 0 spiro atoms. The first-order valence-corrected chi connectivity index (χ1v) is 2.19. The van der Waals surface area contributed by atoms with E-state index in [9.17, 15) is 0 Å². The maximum atomic E-state index is 8.55. The van der Waals surface area contributed by atoms with Crippen LogP contribution in [0, 0.1) is 0 Å². The summed E-state index contributed by atoms with van der Waals surface area (Å²) in [6, 6.07) is 0. The fourth-order valence-corrected chi connectivity index (χ4v) is 0. The van der Waals surface area contributed by atoms with Gasteiger partial charge in [-0.1, -0.05) is 0 Å². The molecule has 0 heterocycles. The number of hydrogen-bond acceptors (Lipinski definition) is 4. The van der Waals surface area contributed by atoms with Crippen molar-refractivity contribution in [1.82, 2.24) is 0 Å². The Morgan fingerprint density at radius 2 is 1.11 bits per heavy atom. The molecule has 0 aliphatic heterocycles. The molecule has 0 bridgehead atoms. The van der Waals surface area contributed by atoms with E-state index in [1.165, 1.54) is 0 Å². The third-order valence-corrected chi connectivity index (χ3v) is 0. The van der Waals surface area contributed by atoms with E-state index in [0.717, 1.165) is 0 Å². The van der Waals surface area contributed by atoms with Gasteiger partial charge in [0.05, 0.1) is 0 Å². The van der Waals surface area contributed by atoms with E-state index in [0.29, 0.717) is 0 Å². The van der Waals surface area contributed by atoms with Gasteiger partial charge in [-0.15, -0.1) is 0 Å². The smallest absolute Gasteiger partial charge is 1.00 e. The van der Waals surface area contributed by atoms with Gasteiger partial charge in [0.1, 0.15) is 0 Å². The van der Waals surface area contributed by atoms with Gasteiger partial charge >= 0.3 is 42.5 Å². The molecule has 0 aliphatic rings. The molecule has 0 saturated carbocycles. The van der Waals surface area contributed by atoms with Crippen molar-refractivity contribution in [2.24, 2.45) is 0 Å². The Morgan fingerprint density at radius 1 is 1.11 bits per heavy atom. The van der Waals surface area contributed by atoms with Gasteiger partial charge in [0, 0.05) is 17.4 Å². The second kappa shape index (κ2) is 12.6. The SMILES string of the molecule is O=P([O-])([O-])[O-].[Al].[F-].[Mg+2].[Zn+2]. The Labute approximate surface area is 91.1 Å². The number of hydrogen-bond donors (Lipinski definition) is 0. The van der Waals surface area contributed by atoms with Crippen LogP contribution in [0.5, 0.6) is 0 Å². The molecule has 0 aromatic rings. The summed E-state index contributed by atoms with van der Waals surface area (Å²) in [5.41, 5.74) is 0. The van der Waals surface area contributed by atoms with Gasteiger partial charge in [-0.2, -0.15) is 7.82 Å². The molecule has 0 aliphatic carbocycles. The molecule has 0 N–H and O–H groups in total. The second-order valence-corrected chi connectivity index (χ2v) is 1.34. The maximum Gasteiger partial charge on any atom is 2.00 e. The van der Waals surface area contributed by atoms with E-state index in [1.807, 2.05) is 0 Å². The minimum absolute atomic E-state index is 0. The molecule has 43 valence electrons. The summed E-state index contributed by atoms with van der Waals surface area (Å²) < 4.78 is 8.55. The van der Waals surface area contributed by atoms with Crippen LogP contribution < -0.4 is 19.4 Å². The van der Waals surface area contributed by atoms with E-state index >= 15 is 0 Å². The molecule has 0 fully saturated rings. The van der Waals surface area contributed by atoms with E-state index in [1.54, 1.807) is 0 Å². The zero-order valence-electron chi connectivity index (χ0n) is 4.45. The van der Waals surface area contributed by atoms with E-state index in [-0.39, 0.29) is 64.6 Å². The van der Waals surface area contributed by atoms with Gasteiger partial charge in [-0.25, -0.2) is 0 Å². The van der Waals surface area contributed by atoms with Gasteiger partial charge in [-0.05, 0) is 0 Å². The summed E-state index contributed by atoms with van der Waals surface area (Å²) in [7, 11) is -5.39. The van der Waals surface area contributed by atoms with Crippen LogP contribution in [-0.2, 0) is 24.0 Å². The maximum absolute atomic E-state index is 8.55. The molecule has 9 heavy (non-hydrogen) atoms. The van der Waals surface area contributed by atoms with Crippen LogP contribution in [0.25, 0.3) is 0 Å². The first-order valence-electron chi connectivity index (χ1n) is 0.730. The molecule has 4 nitrogen and oxygen atoms in total. The predicted molar refractivity (Wildman–Crippen MR) is 19.1 cm³/mol. The average Bonchev–Trinajstić information content (AvgIpc) is 0.722. The summed E-state index contributed by atoms with van der Waals surface area (Å²) in [4.78, 5) is 25.6. The first kappa shape index (κ1) is 30.6. The van der Waals surface area contributed by atoms with Crippen molar-refractivity contribution in [3.8, 4) is 0 Å². The molecular weight excluding hydrogens is 231 g/mol. The van der Waals surface area contributed by atoms with Crippen molar-refractivity contribution in [3.05, 3.63) is 0 Å². The molecule has 0 aromatic carbocycles. The normalized spacial score (nSPS) is 6.56. The molecular formula is AlFMgO4PZn. The third-order valence-electron chi connectivity index (χ3n) is 0. The van der Waals surface area contributed by atoms with Crippen molar-refractivity contribution in [2.45, 2.75) is 0 Å². The average molecular weight is 231 g/mol. The van der Waals surface area contributed by atoms with Gasteiger partial charge in [0.15, 0.2) is 0 Å². The topological polar surface area (TPSA) is 86.2 Å². The van der Waals surface area contributed by atoms with Gasteiger partial charge in [0.25, 0.3) is 0 Å². The van der Waals surface area contributed by atoms with Crippen LogP contribution >= 0.6 is 7.82 Å². The Bertz CT molecular complexity index is 66.7. The zero-order valence-corrected chi connectivity index (χ0v) is 10.9. The van der Waals surface area contributed by atoms with E-state index < -0.39 is 7.82 Å². The Hall–Kier alpha value is 1.96. The Balaban J connectivity index is -0.0000000133. The molecule has 3 radical (unpaired) electrons. The molecule has 0 aromatic heterocycles. The summed E-state index contributed by atoms with van der Waals surface area (Å²) >= 11 is 0. The molecule has 9 heteroatoms. The van der Waals surface area contributed by atoms with Crippen molar-refractivity contribution in [1.29, 1.82) is 0 Å². The predicted octanol–water partition coefficient (Wildman–Crippen LogP) is -6.58. The van der Waals surface area contributed by atoms with Gasteiger partial charge in [0.2, 0.25) is 0 Å². The van der Waals surface area contributed by atoms with Crippen LogP contribution in [0.4, 0.5) is 0 Å². The summed E-state index contributed by atoms with van der Waals surface area (Å²) in [6.45, 7) is 0. The molecule has 0 amide bonds. The van der Waals surface area contributed by atoms with Crippen molar-refractivity contribution in [3.63, 3.8) is 0 Å². The minimum atomic E-state index is -5.39. The van der Waals surface area contributed by atoms with E-state index in [2.05, 4.69) is 0 Å². The van der Waals surface area contributed by atoms with Gasteiger partial charge in [-0.3, -0.25) is 0 Å². The fourth-order valence-electron chi connectivity index (χ4n) is 0. The van der Waals surface area contributed by atoms with Crippen LogP contribution in [0.3, 0.4) is 0 Å². The molecule has 0 rings (SSSR count). The van der Waals surface area contributed by atoms with Crippen LogP contribution in [0.15, 0.2) is 0 Å². The first-order chi connectivity index (χ1) is 2.00. The Kier molecular flexibility index (Phi) is 42.9. The standard InChI is InChI=1S/Al.FH.Mg.H3O4P.Zn/c;;;1-5(2,3)4;/h;1H;;(H3,1,2,3,4);/q;;+2;;+2/p-4. The quantitative estimate of drug-likeness (QED) is 0.306. The number of rotatable bonds is 0. The van der Waals surface area contributed by atoms with Crippen LogP contribution in [0.1, 0.15) is 0 Å². The summed E-state index contributed by atoms with van der Waals surface area (Å²) in [5.74, 6) is 0. The number of halogens is 1. The summed E-state index contributed by atoms with van der Waals surface area (Å²) in [6.07, 6.45) is 0. The monoisotopic (exact) mass is 229 g/mol. The third kappa shape index (κ3) is 164. The second-order valence-electron chi connectivity index (χ2n) is 0.447. The van der Waals surface area contributed by atoms with Crippen molar-refractivity contribution in [2.75, 3.05) is 0 Å². The van der Waals surface area contributed by atoms with E-state index in [4.69, 9.17) is 19.2 Å². The van der Waals surface area contributed by atoms with Crippen LogP contribution in [0.2, 0.25) is 0 Å². The fraction of sp³-hybridized carbons (Fsp3) is 0. The largest absolute Gasteiger partial charge is 2.00 e. The summed E-state index contributed by atoms with van der Waals surface area (Å²) in [5, 5.41) is 0.